The Hall–Kier alpha value is -3.27. The summed E-state index contributed by atoms with van der Waals surface area (Å²) < 4.78 is 95.0. The number of hydrogen-bond donors (Lipinski definition) is 1. The van der Waals surface area contributed by atoms with Gasteiger partial charge in [-0.2, -0.15) is 23.1 Å². The molecule has 10 nitrogen and oxygen atoms in total. The van der Waals surface area contributed by atoms with Crippen molar-refractivity contribution in [3.63, 3.8) is 0 Å². The van der Waals surface area contributed by atoms with E-state index in [4.69, 9.17) is 30.5 Å². The van der Waals surface area contributed by atoms with E-state index in [0.717, 1.165) is 19.3 Å². The summed E-state index contributed by atoms with van der Waals surface area (Å²) in [5.41, 5.74) is -0.0234. The van der Waals surface area contributed by atoms with Gasteiger partial charge in [0.15, 0.2) is 18.7 Å². The number of ether oxygens (including phenoxy) is 4. The van der Waals surface area contributed by atoms with Crippen LogP contribution in [0.2, 0.25) is 5.02 Å². The molecule has 2 saturated heterocycles. The molecule has 1 saturated carbocycles. The Morgan fingerprint density at radius 3 is 2.71 bits per heavy atom. The van der Waals surface area contributed by atoms with E-state index < -0.39 is 42.4 Å². The van der Waals surface area contributed by atoms with Gasteiger partial charge in [0, 0.05) is 30.7 Å². The van der Waals surface area contributed by atoms with Gasteiger partial charge in [-0.3, -0.25) is 4.90 Å². The Kier molecular flexibility index (Phi) is 8.70. The molecule has 0 unspecified atom stereocenters. The Balaban J connectivity index is 1.39. The molecule has 1 N–H and O–H groups in total. The molecule has 16 heteroatoms. The van der Waals surface area contributed by atoms with Crippen molar-refractivity contribution in [1.29, 1.82) is 0 Å². The largest absolute Gasteiger partial charge is 0.475 e. The number of benzene rings is 1. The molecule has 0 bridgehead atoms. The number of alkyl halides is 4. The zero-order valence-corrected chi connectivity index (χ0v) is 27.1. The van der Waals surface area contributed by atoms with Crippen LogP contribution in [0.4, 0.5) is 27.8 Å². The van der Waals surface area contributed by atoms with Crippen LogP contribution in [0, 0.1) is 5.82 Å². The fraction of sp³-hybridized carbons (Fsp3) is 0.594. The molecule has 5 heterocycles. The molecule has 1 aliphatic carbocycles. The standard InChI is InChI=1S/C32H35ClF5N5O5/c1-16-13-46-29-24-27(25(35)26(39-29)20-8-19(48-15-45-2)9-21(33)23(20)17-4-5-17)40-30(41-28(24)43(16)12-22(44)32(36,37)38)47-14-31-6-3-7-42(31)11-18(34)10-31/h8-9,16-18,22,44H,3-7,10-15H2,1-2H3/t16-,18+,22-,31-/m0/s1. The molecule has 3 aliphatic heterocycles. The van der Waals surface area contributed by atoms with Crippen molar-refractivity contribution >= 4 is 28.3 Å². The predicted octanol–water partition coefficient (Wildman–Crippen LogP) is 5.81. The van der Waals surface area contributed by atoms with Gasteiger partial charge in [-0.25, -0.2) is 13.8 Å². The van der Waals surface area contributed by atoms with Crippen LogP contribution >= 0.6 is 11.6 Å². The number of anilines is 1. The van der Waals surface area contributed by atoms with Gasteiger partial charge in [0.25, 0.3) is 0 Å². The third-order valence-electron chi connectivity index (χ3n) is 9.64. The van der Waals surface area contributed by atoms with Crippen LogP contribution in [0.1, 0.15) is 50.5 Å². The minimum Gasteiger partial charge on any atom is -0.475 e. The van der Waals surface area contributed by atoms with Crippen LogP contribution in [0.3, 0.4) is 0 Å². The molecular formula is C32H35ClF5N5O5. The number of pyridine rings is 1. The fourth-order valence-corrected chi connectivity index (χ4v) is 7.51. The Morgan fingerprint density at radius 2 is 1.98 bits per heavy atom. The number of hydrogen-bond acceptors (Lipinski definition) is 10. The van der Waals surface area contributed by atoms with Crippen molar-refractivity contribution in [2.24, 2.45) is 0 Å². The second-order valence-corrected chi connectivity index (χ2v) is 13.5. The number of nitrogens with zero attached hydrogens (tertiary/aromatic N) is 5. The van der Waals surface area contributed by atoms with Crippen molar-refractivity contribution in [3.8, 4) is 28.9 Å². The zero-order valence-electron chi connectivity index (χ0n) is 26.3. The van der Waals surface area contributed by atoms with Gasteiger partial charge in [0.05, 0.1) is 18.1 Å². The number of halogens is 6. The first-order valence-electron chi connectivity index (χ1n) is 15.9. The van der Waals surface area contributed by atoms with E-state index in [1.807, 2.05) is 4.90 Å². The van der Waals surface area contributed by atoms with Crippen molar-refractivity contribution in [2.75, 3.05) is 51.7 Å². The van der Waals surface area contributed by atoms with E-state index in [9.17, 15) is 22.7 Å². The van der Waals surface area contributed by atoms with Gasteiger partial charge >= 0.3 is 12.2 Å². The summed E-state index contributed by atoms with van der Waals surface area (Å²) in [4.78, 5) is 16.7. The molecule has 1 aromatic carbocycles. The van der Waals surface area contributed by atoms with Gasteiger partial charge in [-0.15, -0.1) is 0 Å². The van der Waals surface area contributed by atoms with Crippen molar-refractivity contribution < 1.29 is 46.0 Å². The van der Waals surface area contributed by atoms with Gasteiger partial charge in [0.1, 0.15) is 47.5 Å². The highest BCUT2D eigenvalue weighted by Crippen LogP contribution is 2.50. The van der Waals surface area contributed by atoms with E-state index in [1.165, 1.54) is 12.0 Å². The lowest BCUT2D eigenvalue weighted by molar-refractivity contribution is -0.200. The first kappa shape index (κ1) is 33.2. The monoisotopic (exact) mass is 699 g/mol. The molecule has 260 valence electrons. The number of fused-ring (bicyclic) bond motifs is 1. The van der Waals surface area contributed by atoms with Gasteiger partial charge in [-0.1, -0.05) is 11.6 Å². The average molecular weight is 700 g/mol. The van der Waals surface area contributed by atoms with Crippen LogP contribution in [0.5, 0.6) is 17.6 Å². The second kappa shape index (κ2) is 12.6. The number of aliphatic hydroxyl groups is 1. The first-order chi connectivity index (χ1) is 22.9. The molecule has 4 aliphatic rings. The lowest BCUT2D eigenvalue weighted by Gasteiger charge is -2.32. The molecule has 0 amide bonds. The highest BCUT2D eigenvalue weighted by Gasteiger charge is 2.49. The van der Waals surface area contributed by atoms with Crippen LogP contribution in [-0.4, -0.2) is 102 Å². The minimum atomic E-state index is -4.93. The molecule has 3 aromatic rings. The lowest BCUT2D eigenvalue weighted by atomic mass is 9.95. The van der Waals surface area contributed by atoms with E-state index >= 15 is 4.39 Å². The SMILES string of the molecule is COCOc1cc(Cl)c(C2CC2)c(-c2nc3c4c(nc(OC[C@@]56CCCN5C[C@H](F)C6)nc4c2F)N(C[C@H](O)C(F)(F)F)[C@@H](C)CO3)c1. The fourth-order valence-electron chi connectivity index (χ4n) is 7.15. The normalized spacial score (nSPS) is 24.8. The molecule has 3 fully saturated rings. The Bertz CT molecular complexity index is 1710. The number of rotatable bonds is 10. The van der Waals surface area contributed by atoms with Gasteiger partial charge in [0.2, 0.25) is 5.88 Å². The molecule has 0 radical (unpaired) electrons. The van der Waals surface area contributed by atoms with Crippen LogP contribution in [-0.2, 0) is 4.74 Å². The van der Waals surface area contributed by atoms with Gasteiger partial charge < -0.3 is 29.0 Å². The molecule has 0 spiro atoms. The number of methoxy groups -OCH3 is 1. The van der Waals surface area contributed by atoms with E-state index in [-0.39, 0.29) is 73.2 Å². The number of aromatic nitrogens is 3. The number of aliphatic hydroxyl groups excluding tert-OH is 1. The summed E-state index contributed by atoms with van der Waals surface area (Å²) in [5.74, 6) is -0.768. The van der Waals surface area contributed by atoms with Gasteiger partial charge in [-0.05, 0) is 62.8 Å². The Labute approximate surface area is 278 Å². The lowest BCUT2D eigenvalue weighted by Crippen LogP contribution is -2.46. The maximum absolute atomic E-state index is 17.0. The van der Waals surface area contributed by atoms with Crippen LogP contribution in [0.25, 0.3) is 22.2 Å². The summed E-state index contributed by atoms with van der Waals surface area (Å²) in [7, 11) is 1.46. The topological polar surface area (TPSA) is 102 Å². The van der Waals surface area contributed by atoms with E-state index in [1.54, 1.807) is 19.1 Å². The summed E-state index contributed by atoms with van der Waals surface area (Å²) >= 11 is 6.71. The highest BCUT2D eigenvalue weighted by atomic mass is 35.5. The summed E-state index contributed by atoms with van der Waals surface area (Å²) in [6.45, 7) is 1.42. The Morgan fingerprint density at radius 1 is 1.19 bits per heavy atom. The molecule has 7 rings (SSSR count). The highest BCUT2D eigenvalue weighted by molar-refractivity contribution is 6.32. The molecular weight excluding hydrogens is 665 g/mol. The summed E-state index contributed by atoms with van der Waals surface area (Å²) in [6, 6.07) is 2.16. The first-order valence-corrected chi connectivity index (χ1v) is 16.3. The van der Waals surface area contributed by atoms with Crippen molar-refractivity contribution in [3.05, 3.63) is 28.5 Å². The predicted molar refractivity (Wildman–Crippen MR) is 165 cm³/mol. The third-order valence-corrected chi connectivity index (χ3v) is 9.96. The third kappa shape index (κ3) is 6.07. The van der Waals surface area contributed by atoms with Crippen molar-refractivity contribution in [2.45, 2.75) is 75.0 Å². The maximum atomic E-state index is 17.0. The van der Waals surface area contributed by atoms with Crippen LogP contribution < -0.4 is 19.1 Å². The second-order valence-electron chi connectivity index (χ2n) is 13.1. The zero-order chi connectivity index (χ0) is 34.0. The summed E-state index contributed by atoms with van der Waals surface area (Å²) in [5, 5.41) is 10.4. The molecule has 4 atom stereocenters. The molecule has 2 aromatic heterocycles. The van der Waals surface area contributed by atoms with Crippen molar-refractivity contribution in [1.82, 2.24) is 19.9 Å². The summed E-state index contributed by atoms with van der Waals surface area (Å²) in [6.07, 6.45) is -5.25. The average Bonchev–Trinajstić information content (AvgIpc) is 3.75. The number of β-amino-alcohol motifs (C(OH)–C–C–N with tert-alkyl or cyclic N) is 1. The quantitative estimate of drug-likeness (QED) is 0.206. The molecule has 48 heavy (non-hydrogen) atoms. The van der Waals surface area contributed by atoms with Crippen LogP contribution in [0.15, 0.2) is 12.1 Å². The van der Waals surface area contributed by atoms with E-state index in [0.29, 0.717) is 34.9 Å². The smallest absolute Gasteiger partial charge is 0.416 e. The van der Waals surface area contributed by atoms with E-state index in [2.05, 4.69) is 15.0 Å². The minimum absolute atomic E-state index is 0.00231. The maximum Gasteiger partial charge on any atom is 0.416 e.